The van der Waals surface area contributed by atoms with Gasteiger partial charge in [-0.2, -0.15) is 8.42 Å². The first-order valence-corrected chi connectivity index (χ1v) is 6.14. The summed E-state index contributed by atoms with van der Waals surface area (Å²) < 4.78 is 29.6. The van der Waals surface area contributed by atoms with Gasteiger partial charge in [0, 0.05) is 16.9 Å². The molecule has 16 heavy (non-hydrogen) atoms. The quantitative estimate of drug-likeness (QED) is 0.478. The summed E-state index contributed by atoms with van der Waals surface area (Å²) in [5.74, 6) is -0.618. The van der Waals surface area contributed by atoms with Crippen LogP contribution in [0.5, 0.6) is 0 Å². The maximum absolute atomic E-state index is 10.7. The average Bonchev–Trinajstić information content (AvgIpc) is 2.17. The number of nitrogens with zero attached hydrogens (tertiary/aromatic N) is 1. The molecule has 0 saturated carbocycles. The molecule has 6 nitrogen and oxygen atoms in total. The van der Waals surface area contributed by atoms with Gasteiger partial charge in [-0.1, -0.05) is 30.3 Å². The molecule has 1 aromatic rings. The van der Waals surface area contributed by atoms with Gasteiger partial charge in [0.1, 0.15) is 0 Å². The van der Waals surface area contributed by atoms with Crippen molar-refractivity contribution in [1.82, 2.24) is 0 Å². The lowest BCUT2D eigenvalue weighted by Gasteiger charge is -2.08. The van der Waals surface area contributed by atoms with Crippen LogP contribution < -0.4 is 0 Å². The Hall–Kier alpha value is -1.47. The summed E-state index contributed by atoms with van der Waals surface area (Å²) >= 11 is 0. The smallest absolute Gasteiger partial charge is 0.265 e. The standard InChI is InChI=1S/C9H11NO5S/c11-10(12)9(6-7-16(13,14)15)8-4-2-1-3-5-8/h1-5,9H,6-7H2,(H,13,14,15). The van der Waals surface area contributed by atoms with Gasteiger partial charge < -0.3 is 0 Å². The monoisotopic (exact) mass is 245 g/mol. The van der Waals surface area contributed by atoms with Crippen molar-refractivity contribution in [2.75, 3.05) is 5.75 Å². The van der Waals surface area contributed by atoms with E-state index in [4.69, 9.17) is 4.55 Å². The molecular weight excluding hydrogens is 234 g/mol. The molecule has 0 aliphatic rings. The van der Waals surface area contributed by atoms with Crippen LogP contribution in [0, 0.1) is 10.1 Å². The Labute approximate surface area is 92.8 Å². The molecule has 0 aliphatic carbocycles. The second-order valence-corrected chi connectivity index (χ2v) is 4.86. The van der Waals surface area contributed by atoms with E-state index in [-0.39, 0.29) is 6.42 Å². The Morgan fingerprint density at radius 3 is 2.31 bits per heavy atom. The van der Waals surface area contributed by atoms with Crippen molar-refractivity contribution in [3.63, 3.8) is 0 Å². The molecule has 1 N–H and O–H groups in total. The van der Waals surface area contributed by atoms with Crippen LogP contribution in [0.2, 0.25) is 0 Å². The molecule has 7 heteroatoms. The molecule has 0 heterocycles. The SMILES string of the molecule is O=[N+]([O-])C(CCS(=O)(=O)O)c1ccccc1. The van der Waals surface area contributed by atoms with Crippen molar-refractivity contribution >= 4 is 10.1 Å². The molecule has 0 bridgehead atoms. The number of benzene rings is 1. The maximum Gasteiger partial charge on any atom is 0.265 e. The fourth-order valence-electron chi connectivity index (χ4n) is 1.33. The zero-order valence-electron chi connectivity index (χ0n) is 8.31. The van der Waals surface area contributed by atoms with Crippen LogP contribution in [-0.2, 0) is 10.1 Å². The van der Waals surface area contributed by atoms with Crippen LogP contribution >= 0.6 is 0 Å². The highest BCUT2D eigenvalue weighted by atomic mass is 32.2. The molecule has 1 aromatic carbocycles. The van der Waals surface area contributed by atoms with E-state index in [2.05, 4.69) is 0 Å². The van der Waals surface area contributed by atoms with Gasteiger partial charge in [-0.3, -0.25) is 14.7 Å². The predicted octanol–water partition coefficient (Wildman–Crippen LogP) is 1.28. The molecule has 0 aliphatic heterocycles. The summed E-state index contributed by atoms with van der Waals surface area (Å²) in [6.07, 6.45) is -0.240. The molecule has 0 fully saturated rings. The first-order valence-electron chi connectivity index (χ1n) is 4.54. The van der Waals surface area contributed by atoms with E-state index in [1.165, 1.54) is 0 Å². The Morgan fingerprint density at radius 2 is 1.88 bits per heavy atom. The molecule has 1 unspecified atom stereocenters. The van der Waals surface area contributed by atoms with Crippen molar-refractivity contribution in [1.29, 1.82) is 0 Å². The van der Waals surface area contributed by atoms with Crippen molar-refractivity contribution in [2.45, 2.75) is 12.5 Å². The van der Waals surface area contributed by atoms with Crippen molar-refractivity contribution in [2.24, 2.45) is 0 Å². The predicted molar refractivity (Wildman–Crippen MR) is 57.2 cm³/mol. The van der Waals surface area contributed by atoms with Gasteiger partial charge in [-0.25, -0.2) is 0 Å². The Morgan fingerprint density at radius 1 is 1.31 bits per heavy atom. The van der Waals surface area contributed by atoms with E-state index in [1.54, 1.807) is 30.3 Å². The molecule has 1 rings (SSSR count). The van der Waals surface area contributed by atoms with Crippen molar-refractivity contribution < 1.29 is 17.9 Å². The van der Waals surface area contributed by atoms with Crippen LogP contribution in [0.15, 0.2) is 30.3 Å². The van der Waals surface area contributed by atoms with Gasteiger partial charge in [-0.15, -0.1) is 0 Å². The molecule has 0 saturated heterocycles. The zero-order chi connectivity index (χ0) is 12.2. The molecule has 88 valence electrons. The highest BCUT2D eigenvalue weighted by Gasteiger charge is 2.24. The fraction of sp³-hybridized carbons (Fsp3) is 0.333. The molecule has 0 aromatic heterocycles. The Kier molecular flexibility index (Phi) is 3.97. The van der Waals surface area contributed by atoms with E-state index in [0.717, 1.165) is 0 Å². The van der Waals surface area contributed by atoms with E-state index in [0.29, 0.717) is 5.56 Å². The van der Waals surface area contributed by atoms with Gasteiger partial charge >= 0.3 is 0 Å². The lowest BCUT2D eigenvalue weighted by atomic mass is 10.1. The third kappa shape index (κ3) is 3.95. The van der Waals surface area contributed by atoms with Crippen LogP contribution in [0.3, 0.4) is 0 Å². The highest BCUT2D eigenvalue weighted by molar-refractivity contribution is 7.85. The summed E-state index contributed by atoms with van der Waals surface area (Å²) in [6.45, 7) is 0. The molecule has 1 atom stereocenters. The first kappa shape index (κ1) is 12.6. The van der Waals surface area contributed by atoms with Crippen molar-refractivity contribution in [3.8, 4) is 0 Å². The minimum absolute atomic E-state index is 0.240. The second kappa shape index (κ2) is 5.04. The Bertz CT molecular complexity index is 456. The van der Waals surface area contributed by atoms with Gasteiger partial charge in [0.25, 0.3) is 10.1 Å². The summed E-state index contributed by atoms with van der Waals surface area (Å²) in [4.78, 5) is 10.2. The van der Waals surface area contributed by atoms with Crippen LogP contribution in [0.4, 0.5) is 0 Å². The minimum atomic E-state index is -4.17. The van der Waals surface area contributed by atoms with Gasteiger partial charge in [-0.05, 0) is 0 Å². The van der Waals surface area contributed by atoms with Crippen molar-refractivity contribution in [3.05, 3.63) is 46.0 Å². The lowest BCUT2D eigenvalue weighted by molar-refractivity contribution is -0.529. The third-order valence-corrected chi connectivity index (χ3v) is 2.84. The normalized spacial score (nSPS) is 13.3. The number of rotatable bonds is 5. The van der Waals surface area contributed by atoms with Crippen LogP contribution in [-0.4, -0.2) is 23.6 Å². The number of nitro groups is 1. The lowest BCUT2D eigenvalue weighted by Crippen LogP contribution is -2.15. The fourth-order valence-corrected chi connectivity index (χ4v) is 1.85. The summed E-state index contributed by atoms with van der Waals surface area (Å²) in [5.41, 5.74) is 0.427. The number of hydrogen-bond donors (Lipinski definition) is 1. The molecule has 0 spiro atoms. The van der Waals surface area contributed by atoms with E-state index in [1.807, 2.05) is 0 Å². The van der Waals surface area contributed by atoms with Gasteiger partial charge in [0.05, 0.1) is 5.75 Å². The Balaban J connectivity index is 2.81. The average molecular weight is 245 g/mol. The number of hydrogen-bond acceptors (Lipinski definition) is 4. The van der Waals surface area contributed by atoms with Gasteiger partial charge in [0.15, 0.2) is 0 Å². The van der Waals surface area contributed by atoms with E-state index < -0.39 is 26.8 Å². The summed E-state index contributed by atoms with van der Waals surface area (Å²) in [7, 11) is -4.17. The molecule has 0 amide bonds. The zero-order valence-corrected chi connectivity index (χ0v) is 9.13. The molecule has 0 radical (unpaired) electrons. The van der Waals surface area contributed by atoms with E-state index >= 15 is 0 Å². The molecular formula is C9H11NO5S. The second-order valence-electron chi connectivity index (χ2n) is 3.29. The first-order chi connectivity index (χ1) is 7.40. The minimum Gasteiger partial charge on any atom is -0.286 e. The topological polar surface area (TPSA) is 97.5 Å². The highest BCUT2D eigenvalue weighted by Crippen LogP contribution is 2.20. The van der Waals surface area contributed by atoms with Crippen LogP contribution in [0.1, 0.15) is 18.0 Å². The van der Waals surface area contributed by atoms with E-state index in [9.17, 15) is 18.5 Å². The maximum atomic E-state index is 10.7. The summed E-state index contributed by atoms with van der Waals surface area (Å²) in [5, 5.41) is 10.7. The largest absolute Gasteiger partial charge is 0.286 e. The van der Waals surface area contributed by atoms with Crippen LogP contribution in [0.25, 0.3) is 0 Å². The summed E-state index contributed by atoms with van der Waals surface area (Å²) in [6, 6.07) is 6.99. The third-order valence-electron chi connectivity index (χ3n) is 2.09. The van der Waals surface area contributed by atoms with Gasteiger partial charge in [0.2, 0.25) is 6.04 Å².